The fourth-order valence-electron chi connectivity index (χ4n) is 2.97. The van der Waals surface area contributed by atoms with Gasteiger partial charge in [-0.05, 0) is 58.8 Å². The maximum absolute atomic E-state index is 12.0. The van der Waals surface area contributed by atoms with Crippen LogP contribution in [0.3, 0.4) is 0 Å². The minimum Gasteiger partial charge on any atom is -0.507 e. The molecule has 2 N–H and O–H groups in total. The predicted molar refractivity (Wildman–Crippen MR) is 83.9 cm³/mol. The highest BCUT2D eigenvalue weighted by molar-refractivity contribution is 9.10. The lowest BCUT2D eigenvalue weighted by Crippen LogP contribution is -2.27. The van der Waals surface area contributed by atoms with E-state index in [0.717, 1.165) is 18.3 Å². The molecule has 1 aliphatic rings. The van der Waals surface area contributed by atoms with Crippen LogP contribution in [0.2, 0.25) is 0 Å². The van der Waals surface area contributed by atoms with Gasteiger partial charge < -0.3 is 10.4 Å². The smallest absolute Gasteiger partial charge is 0.251 e. The molecule has 2 rings (SSSR count). The minimum atomic E-state index is -0.114. The zero-order valence-electron chi connectivity index (χ0n) is 11.9. The summed E-state index contributed by atoms with van der Waals surface area (Å²) in [6.45, 7) is 3.03. The molecule has 4 heteroatoms. The molecule has 2 atom stereocenters. The van der Waals surface area contributed by atoms with E-state index in [0.29, 0.717) is 16.6 Å². The van der Waals surface area contributed by atoms with Crippen LogP contribution in [-0.2, 0) is 0 Å². The number of amides is 1. The van der Waals surface area contributed by atoms with Gasteiger partial charge in [-0.15, -0.1) is 0 Å². The number of halogens is 1. The lowest BCUT2D eigenvalue weighted by molar-refractivity contribution is 0.0949. The molecule has 0 aliphatic heterocycles. The van der Waals surface area contributed by atoms with Crippen LogP contribution in [0, 0.1) is 11.8 Å². The fourth-order valence-corrected chi connectivity index (χ4v) is 3.21. The minimum absolute atomic E-state index is 0.0961. The van der Waals surface area contributed by atoms with Crippen molar-refractivity contribution in [1.29, 1.82) is 0 Å². The zero-order chi connectivity index (χ0) is 14.5. The lowest BCUT2D eigenvalue weighted by atomic mass is 9.81. The van der Waals surface area contributed by atoms with E-state index >= 15 is 0 Å². The van der Waals surface area contributed by atoms with Crippen LogP contribution >= 0.6 is 15.9 Å². The number of hydrogen-bond acceptors (Lipinski definition) is 2. The van der Waals surface area contributed by atoms with Crippen LogP contribution in [0.1, 0.15) is 49.4 Å². The molecule has 1 aliphatic carbocycles. The third kappa shape index (κ3) is 4.23. The maximum atomic E-state index is 12.0. The maximum Gasteiger partial charge on any atom is 0.251 e. The Morgan fingerprint density at radius 1 is 1.45 bits per heavy atom. The van der Waals surface area contributed by atoms with Crippen molar-refractivity contribution in [2.45, 2.75) is 39.0 Å². The number of carbonyl (C=O) groups excluding carboxylic acids is 1. The summed E-state index contributed by atoms with van der Waals surface area (Å²) in [7, 11) is 0. The SMILES string of the molecule is CC1CCCC(CCNC(=O)c2ccc(Br)c(O)c2)C1. The summed E-state index contributed by atoms with van der Waals surface area (Å²) in [5.74, 6) is 1.56. The van der Waals surface area contributed by atoms with Gasteiger partial charge in [-0.1, -0.05) is 26.2 Å². The number of phenols is 1. The third-order valence-corrected chi connectivity index (χ3v) is 4.76. The van der Waals surface area contributed by atoms with Crippen LogP contribution < -0.4 is 5.32 Å². The topological polar surface area (TPSA) is 49.3 Å². The molecule has 20 heavy (non-hydrogen) atoms. The Morgan fingerprint density at radius 3 is 2.95 bits per heavy atom. The Morgan fingerprint density at radius 2 is 2.25 bits per heavy atom. The van der Waals surface area contributed by atoms with Crippen molar-refractivity contribution in [3.05, 3.63) is 28.2 Å². The molecule has 1 aromatic carbocycles. The largest absolute Gasteiger partial charge is 0.507 e. The van der Waals surface area contributed by atoms with E-state index in [1.165, 1.54) is 31.7 Å². The van der Waals surface area contributed by atoms with E-state index in [1.54, 1.807) is 12.1 Å². The predicted octanol–water partition coefficient (Wildman–Crippen LogP) is 4.10. The third-order valence-electron chi connectivity index (χ3n) is 4.09. The van der Waals surface area contributed by atoms with Crippen molar-refractivity contribution in [2.24, 2.45) is 11.8 Å². The second-order valence-electron chi connectivity index (χ2n) is 5.85. The summed E-state index contributed by atoms with van der Waals surface area (Å²) in [5.41, 5.74) is 0.503. The van der Waals surface area contributed by atoms with Crippen LogP contribution in [0.4, 0.5) is 0 Å². The van der Waals surface area contributed by atoms with Crippen molar-refractivity contribution < 1.29 is 9.90 Å². The number of benzene rings is 1. The van der Waals surface area contributed by atoms with Gasteiger partial charge in [0.1, 0.15) is 5.75 Å². The van der Waals surface area contributed by atoms with E-state index < -0.39 is 0 Å². The second-order valence-corrected chi connectivity index (χ2v) is 6.70. The molecule has 0 aromatic heterocycles. The van der Waals surface area contributed by atoms with Gasteiger partial charge in [0.15, 0.2) is 0 Å². The molecule has 1 saturated carbocycles. The van der Waals surface area contributed by atoms with Crippen molar-refractivity contribution in [3.63, 3.8) is 0 Å². The van der Waals surface area contributed by atoms with E-state index in [2.05, 4.69) is 28.2 Å². The van der Waals surface area contributed by atoms with Crippen molar-refractivity contribution in [2.75, 3.05) is 6.54 Å². The van der Waals surface area contributed by atoms with Crippen LogP contribution in [-0.4, -0.2) is 17.6 Å². The zero-order valence-corrected chi connectivity index (χ0v) is 13.4. The molecule has 1 fully saturated rings. The number of phenolic OH excluding ortho intramolecular Hbond substituents is 1. The van der Waals surface area contributed by atoms with Crippen molar-refractivity contribution >= 4 is 21.8 Å². The first-order chi connectivity index (χ1) is 9.56. The Balaban J connectivity index is 1.78. The summed E-state index contributed by atoms with van der Waals surface area (Å²) in [5, 5.41) is 12.5. The van der Waals surface area contributed by atoms with Crippen molar-refractivity contribution in [3.8, 4) is 5.75 Å². The van der Waals surface area contributed by atoms with Gasteiger partial charge >= 0.3 is 0 Å². The number of aromatic hydroxyl groups is 1. The molecule has 0 heterocycles. The Kier molecular flexibility index (Phi) is 5.46. The average Bonchev–Trinajstić information content (AvgIpc) is 2.42. The summed E-state index contributed by atoms with van der Waals surface area (Å²) >= 11 is 3.21. The number of rotatable bonds is 4. The van der Waals surface area contributed by atoms with Crippen molar-refractivity contribution in [1.82, 2.24) is 5.32 Å². The van der Waals surface area contributed by atoms with Gasteiger partial charge in [0, 0.05) is 12.1 Å². The summed E-state index contributed by atoms with van der Waals surface area (Å²) < 4.78 is 0.602. The molecular formula is C16H22BrNO2. The average molecular weight is 340 g/mol. The number of nitrogens with one attached hydrogen (secondary N) is 1. The monoisotopic (exact) mass is 339 g/mol. The molecule has 2 unspecified atom stereocenters. The van der Waals surface area contributed by atoms with E-state index in [9.17, 15) is 9.90 Å². The Labute approximate surface area is 128 Å². The molecular weight excluding hydrogens is 318 g/mol. The summed E-state index contributed by atoms with van der Waals surface area (Å²) in [6.07, 6.45) is 6.30. The fraction of sp³-hybridized carbons (Fsp3) is 0.562. The first-order valence-electron chi connectivity index (χ1n) is 7.33. The van der Waals surface area contributed by atoms with Gasteiger partial charge in [-0.2, -0.15) is 0 Å². The highest BCUT2D eigenvalue weighted by atomic mass is 79.9. The first kappa shape index (κ1) is 15.4. The molecule has 1 aromatic rings. The summed E-state index contributed by atoms with van der Waals surface area (Å²) in [6, 6.07) is 4.89. The quantitative estimate of drug-likeness (QED) is 0.867. The number of carbonyl (C=O) groups is 1. The molecule has 0 radical (unpaired) electrons. The van der Waals surface area contributed by atoms with Crippen LogP contribution in [0.5, 0.6) is 5.75 Å². The van der Waals surface area contributed by atoms with Gasteiger partial charge in [-0.25, -0.2) is 0 Å². The second kappa shape index (κ2) is 7.11. The highest BCUT2D eigenvalue weighted by Crippen LogP contribution is 2.30. The lowest BCUT2D eigenvalue weighted by Gasteiger charge is -2.26. The van der Waals surface area contributed by atoms with E-state index in [4.69, 9.17) is 0 Å². The standard InChI is InChI=1S/C16H22BrNO2/c1-11-3-2-4-12(9-11)7-8-18-16(20)13-5-6-14(17)15(19)10-13/h5-6,10-12,19H,2-4,7-9H2,1H3,(H,18,20). The van der Waals surface area contributed by atoms with Gasteiger partial charge in [0.05, 0.1) is 4.47 Å². The Bertz CT molecular complexity index is 476. The van der Waals surface area contributed by atoms with Gasteiger partial charge in [-0.3, -0.25) is 4.79 Å². The van der Waals surface area contributed by atoms with E-state index in [1.807, 2.05) is 0 Å². The molecule has 0 saturated heterocycles. The molecule has 0 spiro atoms. The molecule has 110 valence electrons. The first-order valence-corrected chi connectivity index (χ1v) is 8.12. The summed E-state index contributed by atoms with van der Waals surface area (Å²) in [4.78, 5) is 12.0. The number of hydrogen-bond donors (Lipinski definition) is 2. The van der Waals surface area contributed by atoms with Crippen LogP contribution in [0.15, 0.2) is 22.7 Å². The molecule has 3 nitrogen and oxygen atoms in total. The molecule has 1 amide bonds. The Hall–Kier alpha value is -1.03. The van der Waals surface area contributed by atoms with Gasteiger partial charge in [0.25, 0.3) is 5.91 Å². The van der Waals surface area contributed by atoms with Crippen LogP contribution in [0.25, 0.3) is 0 Å². The highest BCUT2D eigenvalue weighted by Gasteiger charge is 2.18. The van der Waals surface area contributed by atoms with E-state index in [-0.39, 0.29) is 11.7 Å². The van der Waals surface area contributed by atoms with Gasteiger partial charge in [0.2, 0.25) is 0 Å². The molecule has 0 bridgehead atoms. The normalized spacial score (nSPS) is 22.5.